The summed E-state index contributed by atoms with van der Waals surface area (Å²) in [5.74, 6) is 1.37. The van der Waals surface area contributed by atoms with Crippen LogP contribution in [0.2, 0.25) is 0 Å². The van der Waals surface area contributed by atoms with Crippen LogP contribution in [0.15, 0.2) is 0 Å². The lowest BCUT2D eigenvalue weighted by Crippen LogP contribution is -2.21. The van der Waals surface area contributed by atoms with Crippen molar-refractivity contribution in [2.45, 2.75) is 19.8 Å². The first-order valence-corrected chi connectivity index (χ1v) is 3.91. The van der Waals surface area contributed by atoms with Gasteiger partial charge in [0.1, 0.15) is 5.78 Å². The van der Waals surface area contributed by atoms with E-state index in [2.05, 4.69) is 12.2 Å². The largest absolute Gasteiger partial charge is 0.319 e. The van der Waals surface area contributed by atoms with Gasteiger partial charge in [-0.1, -0.05) is 6.92 Å². The van der Waals surface area contributed by atoms with Gasteiger partial charge in [-0.15, -0.1) is 0 Å². The van der Waals surface area contributed by atoms with E-state index in [1.165, 1.54) is 0 Å². The van der Waals surface area contributed by atoms with Gasteiger partial charge in [-0.2, -0.15) is 0 Å². The van der Waals surface area contributed by atoms with Gasteiger partial charge in [0.2, 0.25) is 0 Å². The number of carbonyl (C=O) groups is 1. The number of ketones is 1. The summed E-state index contributed by atoms with van der Waals surface area (Å²) in [7, 11) is 1.90. The number of carbonyl (C=O) groups excluding carboxylic acids is 1. The van der Waals surface area contributed by atoms with Crippen LogP contribution in [-0.2, 0) is 4.79 Å². The highest BCUT2D eigenvalue weighted by atomic mass is 16.1. The number of hydrogen-bond acceptors (Lipinski definition) is 2. The monoisotopic (exact) mass is 141 g/mol. The molecule has 58 valence electrons. The van der Waals surface area contributed by atoms with Crippen LogP contribution in [0, 0.1) is 11.8 Å². The van der Waals surface area contributed by atoms with Crippen molar-refractivity contribution >= 4 is 5.78 Å². The summed E-state index contributed by atoms with van der Waals surface area (Å²) in [5, 5.41) is 3.04. The molecule has 1 fully saturated rings. The summed E-state index contributed by atoms with van der Waals surface area (Å²) in [4.78, 5) is 11.1. The molecule has 1 aliphatic rings. The second kappa shape index (κ2) is 3.15. The Bertz CT molecular complexity index is 133. The van der Waals surface area contributed by atoms with E-state index in [0.29, 0.717) is 17.6 Å². The molecule has 0 aromatic carbocycles. The zero-order chi connectivity index (χ0) is 7.56. The molecule has 0 amide bonds. The Hall–Kier alpha value is -0.370. The average molecular weight is 141 g/mol. The zero-order valence-corrected chi connectivity index (χ0v) is 6.68. The first kappa shape index (κ1) is 7.73. The topological polar surface area (TPSA) is 29.1 Å². The van der Waals surface area contributed by atoms with Crippen molar-refractivity contribution in [2.75, 3.05) is 13.6 Å². The van der Waals surface area contributed by atoms with Gasteiger partial charge in [0.15, 0.2) is 0 Å². The first-order valence-electron chi connectivity index (χ1n) is 3.91. The summed E-state index contributed by atoms with van der Waals surface area (Å²) in [6.07, 6.45) is 1.88. The second-order valence-electron chi connectivity index (χ2n) is 3.27. The number of rotatable bonds is 2. The first-order chi connectivity index (χ1) is 4.74. The fraction of sp³-hybridized carbons (Fsp3) is 0.875. The molecule has 0 heterocycles. The summed E-state index contributed by atoms with van der Waals surface area (Å²) in [6, 6.07) is 0. The van der Waals surface area contributed by atoms with E-state index < -0.39 is 0 Å². The van der Waals surface area contributed by atoms with Crippen molar-refractivity contribution in [3.8, 4) is 0 Å². The molecule has 0 spiro atoms. The van der Waals surface area contributed by atoms with Gasteiger partial charge in [-0.25, -0.2) is 0 Å². The standard InChI is InChI=1S/C8H15NO/c1-6-3-7(5-9-2)8(10)4-6/h6-7,9H,3-5H2,1-2H3. The molecule has 0 aromatic rings. The smallest absolute Gasteiger partial charge is 0.137 e. The van der Waals surface area contributed by atoms with E-state index in [0.717, 1.165) is 19.4 Å². The van der Waals surface area contributed by atoms with Crippen LogP contribution >= 0.6 is 0 Å². The number of Topliss-reactive ketones (excluding diaryl/α,β-unsaturated/α-hetero) is 1. The Morgan fingerprint density at radius 3 is 2.80 bits per heavy atom. The average Bonchev–Trinajstić information content (AvgIpc) is 2.13. The van der Waals surface area contributed by atoms with Crippen LogP contribution in [0.25, 0.3) is 0 Å². The van der Waals surface area contributed by atoms with Gasteiger partial charge in [0, 0.05) is 18.9 Å². The van der Waals surface area contributed by atoms with Crippen molar-refractivity contribution in [3.05, 3.63) is 0 Å². The Kier molecular flexibility index (Phi) is 2.44. The molecule has 0 radical (unpaired) electrons. The SMILES string of the molecule is CNCC1CC(C)CC1=O. The van der Waals surface area contributed by atoms with Crippen LogP contribution in [0.3, 0.4) is 0 Å². The van der Waals surface area contributed by atoms with Gasteiger partial charge in [0.05, 0.1) is 0 Å². The fourth-order valence-electron chi connectivity index (χ4n) is 1.65. The molecule has 0 aromatic heterocycles. The highest BCUT2D eigenvalue weighted by Gasteiger charge is 2.28. The molecule has 1 rings (SSSR count). The van der Waals surface area contributed by atoms with E-state index in [9.17, 15) is 4.79 Å². The molecule has 10 heavy (non-hydrogen) atoms. The molecule has 0 saturated heterocycles. The summed E-state index contributed by atoms with van der Waals surface area (Å²) >= 11 is 0. The predicted octanol–water partition coefficient (Wildman–Crippen LogP) is 0.821. The van der Waals surface area contributed by atoms with Crippen LogP contribution < -0.4 is 5.32 Å². The Morgan fingerprint density at radius 1 is 1.70 bits per heavy atom. The Labute approximate surface area is 62.0 Å². The van der Waals surface area contributed by atoms with E-state index >= 15 is 0 Å². The summed E-state index contributed by atoms with van der Waals surface area (Å²) in [6.45, 7) is 3.01. The minimum absolute atomic E-state index is 0.306. The summed E-state index contributed by atoms with van der Waals surface area (Å²) < 4.78 is 0. The molecule has 2 heteroatoms. The maximum atomic E-state index is 11.1. The fourth-order valence-corrected chi connectivity index (χ4v) is 1.65. The predicted molar refractivity (Wildman–Crippen MR) is 40.8 cm³/mol. The van der Waals surface area contributed by atoms with Gasteiger partial charge in [0.25, 0.3) is 0 Å². The molecule has 2 atom stereocenters. The van der Waals surface area contributed by atoms with Crippen molar-refractivity contribution in [1.82, 2.24) is 5.32 Å². The lowest BCUT2D eigenvalue weighted by Gasteiger charge is -2.05. The molecule has 0 aliphatic heterocycles. The molecule has 2 unspecified atom stereocenters. The van der Waals surface area contributed by atoms with Crippen molar-refractivity contribution in [1.29, 1.82) is 0 Å². The van der Waals surface area contributed by atoms with Crippen LogP contribution in [0.1, 0.15) is 19.8 Å². The van der Waals surface area contributed by atoms with Gasteiger partial charge in [-0.05, 0) is 19.4 Å². The number of nitrogens with one attached hydrogen (secondary N) is 1. The van der Waals surface area contributed by atoms with E-state index in [4.69, 9.17) is 0 Å². The zero-order valence-electron chi connectivity index (χ0n) is 6.68. The van der Waals surface area contributed by atoms with Crippen molar-refractivity contribution < 1.29 is 4.79 Å². The highest BCUT2D eigenvalue weighted by Crippen LogP contribution is 2.26. The van der Waals surface area contributed by atoms with Crippen LogP contribution in [0.5, 0.6) is 0 Å². The number of hydrogen-bond donors (Lipinski definition) is 1. The maximum absolute atomic E-state index is 11.1. The Balaban J connectivity index is 2.39. The molecular weight excluding hydrogens is 126 g/mol. The minimum Gasteiger partial charge on any atom is -0.319 e. The molecule has 0 bridgehead atoms. The molecule has 1 aliphatic carbocycles. The maximum Gasteiger partial charge on any atom is 0.137 e. The quantitative estimate of drug-likeness (QED) is 0.617. The van der Waals surface area contributed by atoms with Gasteiger partial charge in [-0.3, -0.25) is 4.79 Å². The molecule has 1 N–H and O–H groups in total. The van der Waals surface area contributed by atoms with E-state index in [1.807, 2.05) is 7.05 Å². The van der Waals surface area contributed by atoms with Gasteiger partial charge >= 0.3 is 0 Å². The van der Waals surface area contributed by atoms with E-state index in [1.54, 1.807) is 0 Å². The van der Waals surface area contributed by atoms with Crippen LogP contribution in [-0.4, -0.2) is 19.4 Å². The third kappa shape index (κ3) is 1.57. The van der Waals surface area contributed by atoms with Crippen LogP contribution in [0.4, 0.5) is 0 Å². The van der Waals surface area contributed by atoms with Crippen molar-refractivity contribution in [3.63, 3.8) is 0 Å². The normalized spacial score (nSPS) is 33.2. The Morgan fingerprint density at radius 2 is 2.40 bits per heavy atom. The van der Waals surface area contributed by atoms with E-state index in [-0.39, 0.29) is 0 Å². The molecule has 2 nitrogen and oxygen atoms in total. The van der Waals surface area contributed by atoms with Crippen molar-refractivity contribution in [2.24, 2.45) is 11.8 Å². The molecule has 1 saturated carbocycles. The lowest BCUT2D eigenvalue weighted by molar-refractivity contribution is -0.120. The summed E-state index contributed by atoms with van der Waals surface area (Å²) in [5.41, 5.74) is 0. The third-order valence-corrected chi connectivity index (χ3v) is 2.14. The minimum atomic E-state index is 0.306. The van der Waals surface area contributed by atoms with Gasteiger partial charge < -0.3 is 5.32 Å². The lowest BCUT2D eigenvalue weighted by atomic mass is 10.1. The second-order valence-corrected chi connectivity index (χ2v) is 3.27. The molecular formula is C8H15NO. The third-order valence-electron chi connectivity index (χ3n) is 2.14. The highest BCUT2D eigenvalue weighted by molar-refractivity contribution is 5.83.